The summed E-state index contributed by atoms with van der Waals surface area (Å²) in [6.07, 6.45) is -0.210. The molecule has 2 N–H and O–H groups in total. The summed E-state index contributed by atoms with van der Waals surface area (Å²) >= 11 is 0. The second-order valence-electron chi connectivity index (χ2n) is 5.92. The minimum atomic E-state index is -0.505. The van der Waals surface area contributed by atoms with Gasteiger partial charge in [-0.3, -0.25) is 14.9 Å². The van der Waals surface area contributed by atoms with Crippen molar-refractivity contribution < 1.29 is 19.2 Å². The highest BCUT2D eigenvalue weighted by Crippen LogP contribution is 2.30. The van der Waals surface area contributed by atoms with Gasteiger partial charge in [0.05, 0.1) is 11.0 Å². The lowest BCUT2D eigenvalue weighted by molar-refractivity contribution is -0.384. The van der Waals surface area contributed by atoms with Crippen LogP contribution in [0.1, 0.15) is 6.92 Å². The minimum Gasteiger partial charge on any atom is -0.486 e. The Morgan fingerprint density at radius 3 is 2.81 bits per heavy atom. The lowest BCUT2D eigenvalue weighted by atomic mass is 10.2. The zero-order valence-electron chi connectivity index (χ0n) is 14.2. The summed E-state index contributed by atoms with van der Waals surface area (Å²) in [6, 6.07) is 12.7. The van der Waals surface area contributed by atoms with Crippen LogP contribution >= 0.6 is 0 Å². The molecule has 0 aliphatic carbocycles. The summed E-state index contributed by atoms with van der Waals surface area (Å²) in [7, 11) is 0. The van der Waals surface area contributed by atoms with Gasteiger partial charge in [0.1, 0.15) is 12.7 Å². The van der Waals surface area contributed by atoms with Crippen LogP contribution in [0.2, 0.25) is 0 Å². The third kappa shape index (κ3) is 4.28. The standard InChI is InChI=1S/C18H19N3O5/c1-12(18(22)20-13-5-4-6-14(9-13)21(23)24)19-10-15-11-25-16-7-2-3-8-17(16)26-15/h2-9,12,15,19H,10-11H2,1H3,(H,20,22)/t12-,15+/m1/s1. The van der Waals surface area contributed by atoms with Crippen molar-refractivity contribution >= 4 is 17.3 Å². The third-order valence-corrected chi connectivity index (χ3v) is 3.94. The number of anilines is 1. The Labute approximate surface area is 150 Å². The van der Waals surface area contributed by atoms with E-state index < -0.39 is 11.0 Å². The second kappa shape index (κ2) is 7.83. The van der Waals surface area contributed by atoms with Crippen LogP contribution < -0.4 is 20.1 Å². The number of benzene rings is 2. The van der Waals surface area contributed by atoms with Crippen molar-refractivity contribution in [3.63, 3.8) is 0 Å². The first-order valence-electron chi connectivity index (χ1n) is 8.20. The molecular weight excluding hydrogens is 338 g/mol. The van der Waals surface area contributed by atoms with Crippen LogP contribution in [-0.2, 0) is 4.79 Å². The van der Waals surface area contributed by atoms with Crippen molar-refractivity contribution in [3.05, 3.63) is 58.6 Å². The fourth-order valence-electron chi connectivity index (χ4n) is 2.51. The predicted octanol–water partition coefficient (Wildman–Crippen LogP) is 2.35. The average molecular weight is 357 g/mol. The maximum atomic E-state index is 12.2. The molecule has 8 nitrogen and oxygen atoms in total. The van der Waals surface area contributed by atoms with Gasteiger partial charge in [0.2, 0.25) is 5.91 Å². The summed E-state index contributed by atoms with van der Waals surface area (Å²) in [5, 5.41) is 16.5. The first-order valence-corrected chi connectivity index (χ1v) is 8.20. The average Bonchev–Trinajstić information content (AvgIpc) is 2.66. The molecule has 2 aromatic carbocycles. The Kier molecular flexibility index (Phi) is 5.33. The molecular formula is C18H19N3O5. The lowest BCUT2D eigenvalue weighted by Gasteiger charge is -2.27. The highest BCUT2D eigenvalue weighted by Gasteiger charge is 2.22. The number of nitro groups is 1. The van der Waals surface area contributed by atoms with Gasteiger partial charge >= 0.3 is 0 Å². The molecule has 0 unspecified atom stereocenters. The smallest absolute Gasteiger partial charge is 0.271 e. The molecule has 1 amide bonds. The number of nitrogens with zero attached hydrogens (tertiary/aromatic N) is 1. The Hall–Kier alpha value is -3.13. The molecule has 1 aliphatic heterocycles. The van der Waals surface area contributed by atoms with E-state index in [2.05, 4.69) is 10.6 Å². The van der Waals surface area contributed by atoms with E-state index in [4.69, 9.17) is 9.47 Å². The Morgan fingerprint density at radius 1 is 1.27 bits per heavy atom. The molecule has 1 aliphatic rings. The number of fused-ring (bicyclic) bond motifs is 1. The van der Waals surface area contributed by atoms with Crippen molar-refractivity contribution in [1.82, 2.24) is 5.32 Å². The van der Waals surface area contributed by atoms with E-state index in [9.17, 15) is 14.9 Å². The van der Waals surface area contributed by atoms with Crippen LogP contribution in [0.4, 0.5) is 11.4 Å². The Balaban J connectivity index is 1.50. The van der Waals surface area contributed by atoms with Crippen LogP contribution in [0.3, 0.4) is 0 Å². The highest BCUT2D eigenvalue weighted by atomic mass is 16.6. The first-order chi connectivity index (χ1) is 12.5. The highest BCUT2D eigenvalue weighted by molar-refractivity contribution is 5.94. The lowest BCUT2D eigenvalue weighted by Crippen LogP contribution is -2.45. The number of carbonyl (C=O) groups excluding carboxylic acids is 1. The van der Waals surface area contributed by atoms with Gasteiger partial charge in [-0.1, -0.05) is 18.2 Å². The number of rotatable bonds is 6. The van der Waals surface area contributed by atoms with E-state index in [1.165, 1.54) is 18.2 Å². The van der Waals surface area contributed by atoms with Crippen molar-refractivity contribution in [3.8, 4) is 11.5 Å². The fourth-order valence-corrected chi connectivity index (χ4v) is 2.51. The zero-order chi connectivity index (χ0) is 18.5. The van der Waals surface area contributed by atoms with E-state index in [1.807, 2.05) is 24.3 Å². The van der Waals surface area contributed by atoms with Gasteiger partial charge in [-0.25, -0.2) is 0 Å². The summed E-state index contributed by atoms with van der Waals surface area (Å²) in [5.74, 6) is 1.10. The molecule has 0 saturated heterocycles. The number of hydrogen-bond donors (Lipinski definition) is 2. The van der Waals surface area contributed by atoms with Crippen molar-refractivity contribution in [2.24, 2.45) is 0 Å². The van der Waals surface area contributed by atoms with Gasteiger partial charge in [0.15, 0.2) is 11.5 Å². The molecule has 2 aromatic rings. The number of carbonyl (C=O) groups is 1. The third-order valence-electron chi connectivity index (χ3n) is 3.94. The summed E-state index contributed by atoms with van der Waals surface area (Å²) < 4.78 is 11.5. The molecule has 3 rings (SSSR count). The van der Waals surface area contributed by atoms with E-state index >= 15 is 0 Å². The molecule has 26 heavy (non-hydrogen) atoms. The number of nitro benzene ring substituents is 1. The van der Waals surface area contributed by atoms with Crippen LogP contribution in [0.15, 0.2) is 48.5 Å². The molecule has 0 aromatic heterocycles. The molecule has 0 bridgehead atoms. The van der Waals surface area contributed by atoms with Crippen molar-refractivity contribution in [2.75, 3.05) is 18.5 Å². The van der Waals surface area contributed by atoms with E-state index in [1.54, 1.807) is 13.0 Å². The molecule has 0 spiro atoms. The van der Waals surface area contributed by atoms with Gasteiger partial charge in [-0.2, -0.15) is 0 Å². The van der Waals surface area contributed by atoms with Gasteiger partial charge < -0.3 is 20.1 Å². The largest absolute Gasteiger partial charge is 0.486 e. The Bertz CT molecular complexity index is 811. The number of non-ortho nitro benzene ring substituents is 1. The fraction of sp³-hybridized carbons (Fsp3) is 0.278. The monoisotopic (exact) mass is 357 g/mol. The van der Waals surface area contributed by atoms with Crippen LogP contribution in [0.25, 0.3) is 0 Å². The maximum absolute atomic E-state index is 12.2. The van der Waals surface area contributed by atoms with Gasteiger partial charge in [0, 0.05) is 24.4 Å². The van der Waals surface area contributed by atoms with E-state index in [0.29, 0.717) is 30.3 Å². The SMILES string of the molecule is C[C@@H](NC[C@H]1COc2ccccc2O1)C(=O)Nc1cccc([N+](=O)[O-])c1. The normalized spacial score (nSPS) is 16.6. The van der Waals surface area contributed by atoms with Gasteiger partial charge in [-0.15, -0.1) is 0 Å². The Morgan fingerprint density at radius 2 is 2.04 bits per heavy atom. The van der Waals surface area contributed by atoms with E-state index in [-0.39, 0.29) is 17.7 Å². The van der Waals surface area contributed by atoms with Crippen LogP contribution in [-0.4, -0.2) is 36.1 Å². The number of amides is 1. The molecule has 8 heteroatoms. The molecule has 2 atom stereocenters. The van der Waals surface area contributed by atoms with Crippen molar-refractivity contribution in [2.45, 2.75) is 19.1 Å². The van der Waals surface area contributed by atoms with Gasteiger partial charge in [0.25, 0.3) is 5.69 Å². The van der Waals surface area contributed by atoms with Crippen molar-refractivity contribution in [1.29, 1.82) is 0 Å². The van der Waals surface area contributed by atoms with Crippen LogP contribution in [0.5, 0.6) is 11.5 Å². The van der Waals surface area contributed by atoms with Crippen LogP contribution in [0, 0.1) is 10.1 Å². The number of nitrogens with one attached hydrogen (secondary N) is 2. The second-order valence-corrected chi connectivity index (χ2v) is 5.92. The van der Waals surface area contributed by atoms with E-state index in [0.717, 1.165) is 0 Å². The molecule has 1 heterocycles. The number of ether oxygens (including phenoxy) is 2. The quantitative estimate of drug-likeness (QED) is 0.608. The predicted molar refractivity (Wildman–Crippen MR) is 95.5 cm³/mol. The summed E-state index contributed by atoms with van der Waals surface area (Å²) in [4.78, 5) is 22.5. The zero-order valence-corrected chi connectivity index (χ0v) is 14.2. The number of para-hydroxylation sites is 2. The minimum absolute atomic E-state index is 0.0742. The van der Waals surface area contributed by atoms with Gasteiger partial charge in [-0.05, 0) is 25.1 Å². The summed E-state index contributed by atoms with van der Waals surface area (Å²) in [6.45, 7) is 2.53. The molecule has 136 valence electrons. The molecule has 0 fully saturated rings. The maximum Gasteiger partial charge on any atom is 0.271 e. The molecule has 0 saturated carbocycles. The summed E-state index contributed by atoms with van der Waals surface area (Å²) in [5.41, 5.74) is 0.304. The molecule has 0 radical (unpaired) electrons. The number of hydrogen-bond acceptors (Lipinski definition) is 6. The topological polar surface area (TPSA) is 103 Å². The first kappa shape index (κ1) is 17.7.